The standard InChI is InChI=1S/C18H30N2O3/c21-17(13-20-10-2-4-14-3-1-5-16(14)20)19-15-6-8-18(9-7-15)22-11-12-23-18/h14-16H,1-13H2,(H,19,21)/t14-,16-/m1/s1. The first-order valence-electron chi connectivity index (χ1n) is 9.55. The van der Waals surface area contributed by atoms with Crippen LogP contribution in [-0.4, -0.2) is 55.0 Å². The van der Waals surface area contributed by atoms with Crippen molar-refractivity contribution in [3.63, 3.8) is 0 Å². The van der Waals surface area contributed by atoms with Crippen molar-refractivity contribution < 1.29 is 14.3 Å². The fourth-order valence-corrected chi connectivity index (χ4v) is 5.20. The lowest BCUT2D eigenvalue weighted by Crippen LogP contribution is -2.50. The second kappa shape index (κ2) is 6.69. The van der Waals surface area contributed by atoms with E-state index in [4.69, 9.17) is 9.47 Å². The molecule has 4 fully saturated rings. The number of likely N-dealkylation sites (tertiary alicyclic amines) is 1. The highest BCUT2D eigenvalue weighted by Crippen LogP contribution is 2.37. The van der Waals surface area contributed by atoms with Gasteiger partial charge in [0.2, 0.25) is 5.91 Å². The summed E-state index contributed by atoms with van der Waals surface area (Å²) in [6, 6.07) is 0.967. The number of nitrogens with zero attached hydrogens (tertiary/aromatic N) is 1. The van der Waals surface area contributed by atoms with Crippen LogP contribution >= 0.6 is 0 Å². The van der Waals surface area contributed by atoms with Crippen LogP contribution < -0.4 is 5.32 Å². The van der Waals surface area contributed by atoms with Crippen molar-refractivity contribution in [1.29, 1.82) is 0 Å². The Bertz CT molecular complexity index is 426. The zero-order chi connectivity index (χ0) is 15.7. The molecule has 0 aromatic carbocycles. The summed E-state index contributed by atoms with van der Waals surface area (Å²) in [5, 5.41) is 3.26. The van der Waals surface area contributed by atoms with Gasteiger partial charge in [-0.15, -0.1) is 0 Å². The second-order valence-electron chi connectivity index (χ2n) is 7.82. The summed E-state index contributed by atoms with van der Waals surface area (Å²) in [7, 11) is 0. The smallest absolute Gasteiger partial charge is 0.234 e. The van der Waals surface area contributed by atoms with Gasteiger partial charge in [0, 0.05) is 24.9 Å². The molecule has 2 aliphatic heterocycles. The topological polar surface area (TPSA) is 50.8 Å². The summed E-state index contributed by atoms with van der Waals surface area (Å²) in [5.74, 6) is 0.736. The van der Waals surface area contributed by atoms with Crippen LogP contribution in [0.2, 0.25) is 0 Å². The first-order valence-corrected chi connectivity index (χ1v) is 9.55. The van der Waals surface area contributed by atoms with Gasteiger partial charge in [0.1, 0.15) is 0 Å². The zero-order valence-corrected chi connectivity index (χ0v) is 14.1. The first kappa shape index (κ1) is 15.9. The molecule has 4 aliphatic rings. The maximum atomic E-state index is 12.5. The van der Waals surface area contributed by atoms with E-state index in [1.54, 1.807) is 0 Å². The van der Waals surface area contributed by atoms with Gasteiger partial charge in [0.15, 0.2) is 5.79 Å². The minimum atomic E-state index is -0.328. The largest absolute Gasteiger partial charge is 0.352 e. The lowest BCUT2D eigenvalue weighted by Gasteiger charge is -2.38. The van der Waals surface area contributed by atoms with Gasteiger partial charge in [-0.05, 0) is 51.0 Å². The molecule has 0 radical (unpaired) electrons. The van der Waals surface area contributed by atoms with Crippen LogP contribution in [-0.2, 0) is 14.3 Å². The quantitative estimate of drug-likeness (QED) is 0.864. The van der Waals surface area contributed by atoms with E-state index in [0.717, 1.165) is 38.1 Å². The normalized spacial score (nSPS) is 34.6. The number of fused-ring (bicyclic) bond motifs is 1. The molecular weight excluding hydrogens is 292 g/mol. The van der Waals surface area contributed by atoms with Crippen molar-refractivity contribution >= 4 is 5.91 Å². The van der Waals surface area contributed by atoms with E-state index < -0.39 is 0 Å². The van der Waals surface area contributed by atoms with E-state index in [9.17, 15) is 4.79 Å². The summed E-state index contributed by atoms with van der Waals surface area (Å²) in [4.78, 5) is 14.9. The average Bonchev–Trinajstić information content (AvgIpc) is 3.20. The lowest BCUT2D eigenvalue weighted by molar-refractivity contribution is -0.180. The van der Waals surface area contributed by atoms with Gasteiger partial charge < -0.3 is 14.8 Å². The lowest BCUT2D eigenvalue weighted by atomic mass is 9.90. The number of amides is 1. The number of hydrogen-bond acceptors (Lipinski definition) is 4. The van der Waals surface area contributed by atoms with Crippen molar-refractivity contribution in [1.82, 2.24) is 10.2 Å². The Morgan fingerprint density at radius 3 is 2.57 bits per heavy atom. The number of carbonyl (C=O) groups is 1. The van der Waals surface area contributed by atoms with Crippen molar-refractivity contribution in [2.45, 2.75) is 75.7 Å². The molecule has 130 valence electrons. The van der Waals surface area contributed by atoms with Gasteiger partial charge in [0.05, 0.1) is 19.8 Å². The highest BCUT2D eigenvalue weighted by molar-refractivity contribution is 5.78. The number of ether oxygens (including phenoxy) is 2. The van der Waals surface area contributed by atoms with Crippen LogP contribution in [0.4, 0.5) is 0 Å². The van der Waals surface area contributed by atoms with Crippen LogP contribution in [0.25, 0.3) is 0 Å². The molecule has 0 aromatic heterocycles. The van der Waals surface area contributed by atoms with Gasteiger partial charge in [-0.2, -0.15) is 0 Å². The predicted octanol–water partition coefficient (Wildman–Crippen LogP) is 2.05. The van der Waals surface area contributed by atoms with Crippen LogP contribution in [0.15, 0.2) is 0 Å². The molecule has 1 N–H and O–H groups in total. The summed E-state index contributed by atoms with van der Waals surface area (Å²) < 4.78 is 11.5. The van der Waals surface area contributed by atoms with Crippen molar-refractivity contribution in [2.75, 3.05) is 26.3 Å². The molecule has 5 nitrogen and oxygen atoms in total. The highest BCUT2D eigenvalue weighted by Gasteiger charge is 2.41. The third kappa shape index (κ3) is 3.42. The summed E-state index contributed by atoms with van der Waals surface area (Å²) in [5.41, 5.74) is 0. The van der Waals surface area contributed by atoms with Gasteiger partial charge in [0.25, 0.3) is 0 Å². The molecular formula is C18H30N2O3. The second-order valence-corrected chi connectivity index (χ2v) is 7.82. The summed E-state index contributed by atoms with van der Waals surface area (Å²) in [6.07, 6.45) is 10.4. The van der Waals surface area contributed by atoms with Crippen LogP contribution in [0.1, 0.15) is 57.8 Å². The van der Waals surface area contributed by atoms with E-state index in [2.05, 4.69) is 10.2 Å². The molecule has 2 saturated heterocycles. The van der Waals surface area contributed by atoms with Crippen LogP contribution in [0.3, 0.4) is 0 Å². The highest BCUT2D eigenvalue weighted by atomic mass is 16.7. The zero-order valence-electron chi connectivity index (χ0n) is 14.1. The van der Waals surface area contributed by atoms with Gasteiger partial charge in [-0.25, -0.2) is 0 Å². The van der Waals surface area contributed by atoms with Gasteiger partial charge in [-0.1, -0.05) is 6.42 Å². The Kier molecular flexibility index (Phi) is 4.61. The van der Waals surface area contributed by atoms with Crippen molar-refractivity contribution in [3.8, 4) is 0 Å². The molecule has 0 unspecified atom stereocenters. The molecule has 2 heterocycles. The van der Waals surface area contributed by atoms with Crippen LogP contribution in [0, 0.1) is 5.92 Å². The average molecular weight is 322 g/mol. The van der Waals surface area contributed by atoms with Gasteiger partial charge in [-0.3, -0.25) is 9.69 Å². The van der Waals surface area contributed by atoms with E-state index >= 15 is 0 Å². The molecule has 0 aromatic rings. The monoisotopic (exact) mass is 322 g/mol. The van der Waals surface area contributed by atoms with Crippen LogP contribution in [0.5, 0.6) is 0 Å². The van der Waals surface area contributed by atoms with Gasteiger partial charge >= 0.3 is 0 Å². The molecule has 1 spiro atoms. The fraction of sp³-hybridized carbons (Fsp3) is 0.944. The first-order chi connectivity index (χ1) is 11.2. The predicted molar refractivity (Wildman–Crippen MR) is 87.0 cm³/mol. The molecule has 4 rings (SSSR count). The number of carbonyl (C=O) groups excluding carboxylic acids is 1. The SMILES string of the molecule is O=C(CN1CCC[C@H]2CCC[C@H]21)NC1CCC2(CC1)OCCO2. The van der Waals surface area contributed by atoms with E-state index in [-0.39, 0.29) is 11.7 Å². The molecule has 0 bridgehead atoms. The summed E-state index contributed by atoms with van der Waals surface area (Å²) >= 11 is 0. The Morgan fingerprint density at radius 1 is 1.04 bits per heavy atom. The van der Waals surface area contributed by atoms with E-state index in [0.29, 0.717) is 31.8 Å². The fourth-order valence-electron chi connectivity index (χ4n) is 5.20. The molecule has 5 heteroatoms. The van der Waals surface area contributed by atoms with Crippen molar-refractivity contribution in [2.24, 2.45) is 5.92 Å². The Labute approximate surface area is 139 Å². The third-order valence-corrected chi connectivity index (χ3v) is 6.38. The number of nitrogens with one attached hydrogen (secondary N) is 1. The molecule has 23 heavy (non-hydrogen) atoms. The Morgan fingerprint density at radius 2 is 1.78 bits per heavy atom. The molecule has 2 saturated carbocycles. The molecule has 2 atom stereocenters. The minimum absolute atomic E-state index is 0.215. The Balaban J connectivity index is 1.24. The number of rotatable bonds is 3. The van der Waals surface area contributed by atoms with E-state index in [1.165, 1.54) is 32.1 Å². The molecule has 1 amide bonds. The third-order valence-electron chi connectivity index (χ3n) is 6.38. The molecule has 2 aliphatic carbocycles. The van der Waals surface area contributed by atoms with E-state index in [1.807, 2.05) is 0 Å². The maximum absolute atomic E-state index is 12.5. The Hall–Kier alpha value is -0.650. The maximum Gasteiger partial charge on any atom is 0.234 e. The number of piperidine rings is 1. The van der Waals surface area contributed by atoms with Crippen molar-refractivity contribution in [3.05, 3.63) is 0 Å². The number of hydrogen-bond donors (Lipinski definition) is 1. The summed E-state index contributed by atoms with van der Waals surface area (Å²) in [6.45, 7) is 3.13. The minimum Gasteiger partial charge on any atom is -0.352 e.